The highest BCUT2D eigenvalue weighted by molar-refractivity contribution is 5.10. The molecule has 0 N–H and O–H groups in total. The Labute approximate surface area is 154 Å². The topological polar surface area (TPSA) is 30.9 Å². The van der Waals surface area contributed by atoms with Gasteiger partial charge < -0.3 is 14.2 Å². The molecule has 0 radical (unpaired) electrons. The van der Waals surface area contributed by atoms with Gasteiger partial charge in [0.15, 0.2) is 5.79 Å². The van der Waals surface area contributed by atoms with Crippen LogP contribution in [0.2, 0.25) is 0 Å². The van der Waals surface area contributed by atoms with Crippen molar-refractivity contribution in [3.05, 3.63) is 23.8 Å². The van der Waals surface area contributed by atoms with Crippen LogP contribution in [-0.2, 0) is 14.2 Å². The Kier molecular flexibility index (Phi) is 8.14. The van der Waals surface area contributed by atoms with Gasteiger partial charge in [-0.05, 0) is 32.1 Å². The Morgan fingerprint density at radius 3 is 2.84 bits per heavy atom. The lowest BCUT2D eigenvalue weighted by Crippen LogP contribution is -2.34. The molecule has 1 aliphatic heterocycles. The van der Waals surface area contributed by atoms with E-state index in [1.54, 1.807) is 12.7 Å². The maximum atomic E-state index is 6.36. The first-order valence-corrected chi connectivity index (χ1v) is 9.78. The van der Waals surface area contributed by atoms with Gasteiger partial charge in [0, 0.05) is 39.6 Å². The van der Waals surface area contributed by atoms with Crippen LogP contribution in [0.3, 0.4) is 0 Å². The van der Waals surface area contributed by atoms with Crippen LogP contribution in [-0.4, -0.2) is 56.7 Å². The number of methoxy groups -OCH3 is 1. The maximum Gasteiger partial charge on any atom is 0.172 e. The van der Waals surface area contributed by atoms with Gasteiger partial charge in [-0.1, -0.05) is 37.6 Å². The summed E-state index contributed by atoms with van der Waals surface area (Å²) >= 11 is 0. The van der Waals surface area contributed by atoms with Crippen LogP contribution in [0.15, 0.2) is 23.8 Å². The smallest absolute Gasteiger partial charge is 0.172 e. The lowest BCUT2D eigenvalue weighted by atomic mass is 9.89. The molecule has 1 aliphatic carbocycles. The van der Waals surface area contributed by atoms with Crippen molar-refractivity contribution in [2.75, 3.05) is 40.0 Å². The highest BCUT2D eigenvalue weighted by Gasteiger charge is 2.42. The number of hydrogen-bond donors (Lipinski definition) is 0. The fourth-order valence-corrected chi connectivity index (χ4v) is 3.76. The van der Waals surface area contributed by atoms with Gasteiger partial charge in [0.1, 0.15) is 0 Å². The van der Waals surface area contributed by atoms with E-state index in [0.717, 1.165) is 64.4 Å². The zero-order chi connectivity index (χ0) is 18.3. The van der Waals surface area contributed by atoms with Crippen LogP contribution in [0.5, 0.6) is 0 Å². The van der Waals surface area contributed by atoms with Crippen LogP contribution < -0.4 is 0 Å². The van der Waals surface area contributed by atoms with Crippen LogP contribution in [0.4, 0.5) is 0 Å². The molecule has 0 aromatic carbocycles. The van der Waals surface area contributed by atoms with E-state index in [4.69, 9.17) is 14.2 Å². The summed E-state index contributed by atoms with van der Waals surface area (Å²) < 4.78 is 17.7. The minimum atomic E-state index is -0.350. The van der Waals surface area contributed by atoms with Crippen molar-refractivity contribution in [3.63, 3.8) is 0 Å². The number of nitrogens with zero attached hydrogens (tertiary/aromatic N) is 1. The van der Waals surface area contributed by atoms with E-state index in [-0.39, 0.29) is 11.9 Å². The SMILES string of the molecule is C=C(C)CN(CCOC)CCC1COC2(CC=C(CC(C)C)CC2)O1. The molecule has 0 aromatic heterocycles. The van der Waals surface area contributed by atoms with Gasteiger partial charge >= 0.3 is 0 Å². The average molecular weight is 352 g/mol. The molecule has 2 atom stereocenters. The fourth-order valence-electron chi connectivity index (χ4n) is 3.76. The van der Waals surface area contributed by atoms with Gasteiger partial charge in [-0.25, -0.2) is 0 Å². The van der Waals surface area contributed by atoms with E-state index < -0.39 is 0 Å². The monoisotopic (exact) mass is 351 g/mol. The molecule has 4 heteroatoms. The molecule has 2 unspecified atom stereocenters. The fraction of sp³-hybridized carbons (Fsp3) is 0.810. The predicted octanol–water partition coefficient (Wildman–Crippen LogP) is 4.17. The third-order valence-corrected chi connectivity index (χ3v) is 4.99. The maximum absolute atomic E-state index is 6.36. The van der Waals surface area contributed by atoms with Gasteiger partial charge in [-0.15, -0.1) is 0 Å². The van der Waals surface area contributed by atoms with Crippen molar-refractivity contribution in [2.24, 2.45) is 5.92 Å². The zero-order valence-corrected chi connectivity index (χ0v) is 16.7. The predicted molar refractivity (Wildman–Crippen MR) is 103 cm³/mol. The third kappa shape index (κ3) is 6.86. The highest BCUT2D eigenvalue weighted by Crippen LogP contribution is 2.39. The number of ether oxygens (including phenoxy) is 3. The Morgan fingerprint density at radius 1 is 1.44 bits per heavy atom. The van der Waals surface area contributed by atoms with E-state index in [0.29, 0.717) is 0 Å². The molecule has 0 bridgehead atoms. The molecule has 0 amide bonds. The Bertz CT molecular complexity index is 460. The largest absolute Gasteiger partial charge is 0.383 e. The molecular weight excluding hydrogens is 314 g/mol. The second-order valence-electron chi connectivity index (χ2n) is 8.14. The molecule has 0 aromatic rings. The van der Waals surface area contributed by atoms with Crippen molar-refractivity contribution >= 4 is 0 Å². The lowest BCUT2D eigenvalue weighted by Gasteiger charge is -2.32. The molecule has 2 rings (SSSR count). The summed E-state index contributed by atoms with van der Waals surface area (Å²) in [5, 5.41) is 0. The average Bonchev–Trinajstić information content (AvgIpc) is 2.95. The summed E-state index contributed by atoms with van der Waals surface area (Å²) in [7, 11) is 1.75. The molecule has 2 aliphatic rings. The second-order valence-corrected chi connectivity index (χ2v) is 8.14. The van der Waals surface area contributed by atoms with E-state index in [1.165, 1.54) is 12.0 Å². The third-order valence-electron chi connectivity index (χ3n) is 4.99. The summed E-state index contributed by atoms with van der Waals surface area (Å²) in [5.74, 6) is 0.376. The molecule has 1 saturated heterocycles. The zero-order valence-electron chi connectivity index (χ0n) is 16.7. The summed E-state index contributed by atoms with van der Waals surface area (Å²) in [6.45, 7) is 15.0. The van der Waals surface area contributed by atoms with E-state index in [2.05, 4.69) is 38.3 Å². The van der Waals surface area contributed by atoms with E-state index in [9.17, 15) is 0 Å². The number of rotatable bonds is 10. The van der Waals surface area contributed by atoms with Crippen LogP contribution in [0.25, 0.3) is 0 Å². The van der Waals surface area contributed by atoms with Gasteiger partial charge in [0.25, 0.3) is 0 Å². The summed E-state index contributed by atoms with van der Waals surface area (Å²) in [6, 6.07) is 0. The van der Waals surface area contributed by atoms with Crippen molar-refractivity contribution in [3.8, 4) is 0 Å². The van der Waals surface area contributed by atoms with Crippen LogP contribution >= 0.6 is 0 Å². The van der Waals surface area contributed by atoms with E-state index >= 15 is 0 Å². The van der Waals surface area contributed by atoms with Gasteiger partial charge in [-0.2, -0.15) is 0 Å². The molecule has 0 saturated carbocycles. The van der Waals surface area contributed by atoms with Crippen molar-refractivity contribution in [1.29, 1.82) is 0 Å². The molecule has 25 heavy (non-hydrogen) atoms. The molecule has 1 fully saturated rings. The lowest BCUT2D eigenvalue weighted by molar-refractivity contribution is -0.173. The molecular formula is C21H37NO3. The van der Waals surface area contributed by atoms with Crippen LogP contribution in [0.1, 0.15) is 52.9 Å². The van der Waals surface area contributed by atoms with Gasteiger partial charge in [-0.3, -0.25) is 4.90 Å². The molecule has 1 spiro atoms. The van der Waals surface area contributed by atoms with Crippen molar-refractivity contribution in [1.82, 2.24) is 4.90 Å². The quantitative estimate of drug-likeness (QED) is 0.553. The second kappa shape index (κ2) is 9.86. The normalized spacial score (nSPS) is 26.6. The number of allylic oxidation sites excluding steroid dienone is 1. The standard InChI is InChI=1S/C21H37NO3/c1-17(2)14-19-6-9-21(10-7-19)24-16-20(25-21)8-11-22(12-13-23-5)15-18(3)4/h6,17,20H,3,7-16H2,1-2,4-5H3. The van der Waals surface area contributed by atoms with Gasteiger partial charge in [0.2, 0.25) is 0 Å². The summed E-state index contributed by atoms with van der Waals surface area (Å²) in [4.78, 5) is 2.39. The van der Waals surface area contributed by atoms with Crippen LogP contribution in [0, 0.1) is 5.92 Å². The molecule has 144 valence electrons. The Morgan fingerprint density at radius 2 is 2.24 bits per heavy atom. The minimum absolute atomic E-state index is 0.204. The Balaban J connectivity index is 1.78. The first-order chi connectivity index (χ1) is 11.9. The van der Waals surface area contributed by atoms with Crippen molar-refractivity contribution < 1.29 is 14.2 Å². The van der Waals surface area contributed by atoms with E-state index in [1.807, 2.05) is 0 Å². The van der Waals surface area contributed by atoms with Crippen molar-refractivity contribution in [2.45, 2.75) is 64.8 Å². The molecule has 1 heterocycles. The first kappa shape index (κ1) is 20.6. The highest BCUT2D eigenvalue weighted by atomic mass is 16.7. The summed E-state index contributed by atoms with van der Waals surface area (Å²) in [6.07, 6.45) is 7.79. The number of hydrogen-bond acceptors (Lipinski definition) is 4. The molecule has 4 nitrogen and oxygen atoms in total. The van der Waals surface area contributed by atoms with Gasteiger partial charge in [0.05, 0.1) is 19.3 Å². The Hall–Kier alpha value is -0.680. The first-order valence-electron chi connectivity index (χ1n) is 9.78. The summed E-state index contributed by atoms with van der Waals surface area (Å²) in [5.41, 5.74) is 2.76. The minimum Gasteiger partial charge on any atom is -0.383 e.